The monoisotopic (exact) mass is 277 g/mol. The number of hydrogen-bond acceptors (Lipinski definition) is 1. The minimum absolute atomic E-state index is 0.0178. The number of aliphatic hydroxyl groups is 1. The molecule has 0 aliphatic heterocycles. The van der Waals surface area contributed by atoms with E-state index in [-0.39, 0.29) is 12.6 Å². The van der Waals surface area contributed by atoms with Gasteiger partial charge in [0, 0.05) is 12.4 Å². The predicted molar refractivity (Wildman–Crippen MR) is 85.3 cm³/mol. The lowest BCUT2D eigenvalue weighted by Crippen LogP contribution is -2.12. The second-order valence-corrected chi connectivity index (χ2v) is 5.24. The number of hydrogen-bond donors (Lipinski definition) is 1. The van der Waals surface area contributed by atoms with Gasteiger partial charge in [-0.2, -0.15) is 0 Å². The van der Waals surface area contributed by atoms with Crippen LogP contribution in [0.3, 0.4) is 0 Å². The van der Waals surface area contributed by atoms with Crippen LogP contribution in [0, 0.1) is 0 Å². The van der Waals surface area contributed by atoms with E-state index in [1.807, 2.05) is 30.5 Å². The summed E-state index contributed by atoms with van der Waals surface area (Å²) in [6.07, 6.45) is 5.09. The van der Waals surface area contributed by atoms with Gasteiger partial charge in [-0.15, -0.1) is 0 Å². The summed E-state index contributed by atoms with van der Waals surface area (Å²) in [6.45, 7) is 0.101. The minimum atomic E-state index is -0.0178. The molecule has 0 amide bonds. The van der Waals surface area contributed by atoms with Gasteiger partial charge in [-0.1, -0.05) is 60.7 Å². The molecule has 0 bridgehead atoms. The van der Waals surface area contributed by atoms with Gasteiger partial charge >= 0.3 is 0 Å². The summed E-state index contributed by atoms with van der Waals surface area (Å²) in [6, 6.07) is 22.7. The maximum atomic E-state index is 9.71. The molecule has 0 fully saturated rings. The van der Waals surface area contributed by atoms with Crippen LogP contribution in [-0.2, 0) is 6.42 Å². The highest BCUT2D eigenvalue weighted by Crippen LogP contribution is 2.20. The van der Waals surface area contributed by atoms with E-state index in [0.29, 0.717) is 0 Å². The first-order chi connectivity index (χ1) is 10.4. The maximum Gasteiger partial charge on any atom is 0.0811 e. The van der Waals surface area contributed by atoms with Crippen LogP contribution in [0.4, 0.5) is 0 Å². The molecule has 2 heteroatoms. The molecule has 1 atom stereocenters. The Labute approximate surface area is 125 Å². The fourth-order valence-electron chi connectivity index (χ4n) is 2.64. The van der Waals surface area contributed by atoms with E-state index in [2.05, 4.69) is 53.2 Å². The normalized spacial score (nSPS) is 12.2. The average molecular weight is 277 g/mol. The zero-order valence-electron chi connectivity index (χ0n) is 11.9. The van der Waals surface area contributed by atoms with E-state index >= 15 is 0 Å². The van der Waals surface area contributed by atoms with Crippen molar-refractivity contribution < 1.29 is 5.11 Å². The smallest absolute Gasteiger partial charge is 0.0811 e. The number of aliphatic hydroxyl groups excluding tert-OH is 1. The summed E-state index contributed by atoms with van der Waals surface area (Å²) in [7, 11) is 0. The molecule has 1 unspecified atom stereocenters. The first-order valence-electron chi connectivity index (χ1n) is 7.23. The topological polar surface area (TPSA) is 25.2 Å². The van der Waals surface area contributed by atoms with Crippen LogP contribution >= 0.6 is 0 Å². The molecule has 106 valence electrons. The van der Waals surface area contributed by atoms with Crippen molar-refractivity contribution >= 4 is 0 Å². The van der Waals surface area contributed by atoms with Crippen LogP contribution in [0.15, 0.2) is 79.1 Å². The Kier molecular flexibility index (Phi) is 4.17. The summed E-state index contributed by atoms with van der Waals surface area (Å²) in [5.41, 5.74) is 3.69. The number of nitrogens with zero attached hydrogens (tertiary/aromatic N) is 1. The molecule has 0 saturated carbocycles. The molecule has 0 aliphatic rings. The SMILES string of the molecule is OCC(c1ccccc1)n1ccc(Cc2ccccc2)c1. The van der Waals surface area contributed by atoms with Gasteiger partial charge in [0.15, 0.2) is 0 Å². The van der Waals surface area contributed by atoms with E-state index in [1.165, 1.54) is 11.1 Å². The zero-order valence-corrected chi connectivity index (χ0v) is 11.9. The lowest BCUT2D eigenvalue weighted by molar-refractivity contribution is 0.249. The van der Waals surface area contributed by atoms with Gasteiger partial charge in [0.2, 0.25) is 0 Å². The fraction of sp³-hybridized carbons (Fsp3) is 0.158. The van der Waals surface area contributed by atoms with Crippen LogP contribution in [0.2, 0.25) is 0 Å². The van der Waals surface area contributed by atoms with Gasteiger partial charge in [0.25, 0.3) is 0 Å². The zero-order chi connectivity index (χ0) is 14.5. The Balaban J connectivity index is 1.80. The molecule has 1 N–H and O–H groups in total. The summed E-state index contributed by atoms with van der Waals surface area (Å²) in [5, 5.41) is 9.71. The lowest BCUT2D eigenvalue weighted by atomic mass is 10.1. The third-order valence-electron chi connectivity index (χ3n) is 3.74. The second-order valence-electron chi connectivity index (χ2n) is 5.24. The molecule has 3 aromatic rings. The Morgan fingerprint density at radius 1 is 0.810 bits per heavy atom. The molecule has 21 heavy (non-hydrogen) atoms. The summed E-state index contributed by atoms with van der Waals surface area (Å²) >= 11 is 0. The standard InChI is InChI=1S/C19H19NO/c21-15-19(18-9-5-2-6-10-18)20-12-11-17(14-20)13-16-7-3-1-4-8-16/h1-12,14,19,21H,13,15H2. The predicted octanol–water partition coefficient (Wildman–Crippen LogP) is 3.66. The quantitative estimate of drug-likeness (QED) is 0.756. The number of benzene rings is 2. The molecule has 1 heterocycles. The lowest BCUT2D eigenvalue weighted by Gasteiger charge is -2.16. The summed E-state index contributed by atoms with van der Waals surface area (Å²) < 4.78 is 2.09. The fourth-order valence-corrected chi connectivity index (χ4v) is 2.64. The second kappa shape index (κ2) is 6.42. The Hall–Kier alpha value is -2.32. The number of aromatic nitrogens is 1. The van der Waals surface area contributed by atoms with Crippen molar-refractivity contribution in [1.82, 2.24) is 4.57 Å². The van der Waals surface area contributed by atoms with Crippen molar-refractivity contribution in [3.8, 4) is 0 Å². The van der Waals surface area contributed by atoms with E-state index in [0.717, 1.165) is 12.0 Å². The van der Waals surface area contributed by atoms with E-state index in [1.54, 1.807) is 0 Å². The largest absolute Gasteiger partial charge is 0.394 e. The van der Waals surface area contributed by atoms with Crippen molar-refractivity contribution in [2.24, 2.45) is 0 Å². The Morgan fingerprint density at radius 2 is 1.48 bits per heavy atom. The van der Waals surface area contributed by atoms with Crippen LogP contribution in [-0.4, -0.2) is 16.3 Å². The highest BCUT2D eigenvalue weighted by Gasteiger charge is 2.12. The van der Waals surface area contributed by atoms with Gasteiger partial charge in [0.05, 0.1) is 12.6 Å². The molecular formula is C19H19NO. The third-order valence-corrected chi connectivity index (χ3v) is 3.74. The van der Waals surface area contributed by atoms with Crippen molar-refractivity contribution in [2.45, 2.75) is 12.5 Å². The molecule has 2 aromatic carbocycles. The van der Waals surface area contributed by atoms with Gasteiger partial charge in [-0.25, -0.2) is 0 Å². The molecular weight excluding hydrogens is 258 g/mol. The maximum absolute atomic E-state index is 9.71. The molecule has 1 aromatic heterocycles. The number of rotatable bonds is 5. The third kappa shape index (κ3) is 3.23. The molecule has 0 saturated heterocycles. The van der Waals surface area contributed by atoms with E-state index in [9.17, 15) is 5.11 Å². The van der Waals surface area contributed by atoms with Gasteiger partial charge in [-0.3, -0.25) is 0 Å². The molecule has 0 spiro atoms. The van der Waals surface area contributed by atoms with Crippen molar-refractivity contribution in [2.75, 3.05) is 6.61 Å². The Morgan fingerprint density at radius 3 is 2.14 bits per heavy atom. The van der Waals surface area contributed by atoms with Crippen LogP contribution < -0.4 is 0 Å². The van der Waals surface area contributed by atoms with Gasteiger partial charge < -0.3 is 9.67 Å². The highest BCUT2D eigenvalue weighted by atomic mass is 16.3. The Bertz CT molecular complexity index is 673. The van der Waals surface area contributed by atoms with E-state index < -0.39 is 0 Å². The minimum Gasteiger partial charge on any atom is -0.394 e. The average Bonchev–Trinajstić information content (AvgIpc) is 2.98. The van der Waals surface area contributed by atoms with Crippen molar-refractivity contribution in [1.29, 1.82) is 0 Å². The molecule has 0 aliphatic carbocycles. The summed E-state index contributed by atoms with van der Waals surface area (Å²) in [4.78, 5) is 0. The first-order valence-corrected chi connectivity index (χ1v) is 7.23. The molecule has 0 radical (unpaired) electrons. The summed E-state index contributed by atoms with van der Waals surface area (Å²) in [5.74, 6) is 0. The van der Waals surface area contributed by atoms with E-state index in [4.69, 9.17) is 0 Å². The van der Waals surface area contributed by atoms with Crippen molar-refractivity contribution in [3.63, 3.8) is 0 Å². The molecule has 3 rings (SSSR count). The van der Waals surface area contributed by atoms with Crippen LogP contribution in [0.25, 0.3) is 0 Å². The highest BCUT2D eigenvalue weighted by molar-refractivity contribution is 5.26. The van der Waals surface area contributed by atoms with Gasteiger partial charge in [0.1, 0.15) is 0 Å². The van der Waals surface area contributed by atoms with Crippen LogP contribution in [0.5, 0.6) is 0 Å². The van der Waals surface area contributed by atoms with Crippen molar-refractivity contribution in [3.05, 3.63) is 95.8 Å². The molecule has 2 nitrogen and oxygen atoms in total. The van der Waals surface area contributed by atoms with Gasteiger partial charge in [-0.05, 0) is 29.2 Å². The first kappa shape index (κ1) is 13.7. The van der Waals surface area contributed by atoms with Crippen LogP contribution in [0.1, 0.15) is 22.7 Å².